The molecule has 1 fully saturated rings. The molecule has 0 radical (unpaired) electrons. The Morgan fingerprint density at radius 3 is 2.49 bits per heavy atom. The van der Waals surface area contributed by atoms with Gasteiger partial charge in [-0.15, -0.1) is 0 Å². The Kier molecular flexibility index (Phi) is 6.82. The number of nitrogens with one attached hydrogen (secondary N) is 1. The van der Waals surface area contributed by atoms with E-state index in [9.17, 15) is 14.4 Å². The van der Waals surface area contributed by atoms with E-state index in [1.54, 1.807) is 30.5 Å². The number of hydrogen-bond donors (Lipinski definition) is 3. The van der Waals surface area contributed by atoms with Gasteiger partial charge >= 0.3 is 0 Å². The minimum atomic E-state index is -1.02. The number of nitrogen functional groups attached to an aromatic ring is 1. The first-order valence-corrected chi connectivity index (χ1v) is 12.8. The highest BCUT2D eigenvalue weighted by Gasteiger charge is 2.37. The van der Waals surface area contributed by atoms with E-state index in [2.05, 4.69) is 14.7 Å². The van der Waals surface area contributed by atoms with E-state index in [0.29, 0.717) is 11.3 Å². The van der Waals surface area contributed by atoms with Crippen LogP contribution in [0.3, 0.4) is 0 Å². The lowest BCUT2D eigenvalue weighted by Crippen LogP contribution is -2.46. The van der Waals surface area contributed by atoms with Crippen molar-refractivity contribution < 1.29 is 14.4 Å². The van der Waals surface area contributed by atoms with Gasteiger partial charge in [-0.3, -0.25) is 24.3 Å². The second kappa shape index (κ2) is 10.4. The topological polar surface area (TPSA) is 144 Å². The van der Waals surface area contributed by atoms with Crippen LogP contribution >= 0.6 is 11.5 Å². The van der Waals surface area contributed by atoms with Gasteiger partial charge in [0.1, 0.15) is 10.9 Å². The molecule has 1 aliphatic carbocycles. The van der Waals surface area contributed by atoms with Gasteiger partial charge in [-0.2, -0.15) is 4.37 Å². The van der Waals surface area contributed by atoms with E-state index >= 15 is 0 Å². The molecule has 2 aromatic heterocycles. The molecule has 9 nitrogen and oxygen atoms in total. The number of para-hydroxylation sites is 1. The summed E-state index contributed by atoms with van der Waals surface area (Å²) in [5.74, 6) is -1.67. The van der Waals surface area contributed by atoms with E-state index in [-0.39, 0.29) is 28.2 Å². The maximum absolute atomic E-state index is 14.1. The van der Waals surface area contributed by atoms with Crippen molar-refractivity contribution in [2.75, 3.05) is 10.6 Å². The van der Waals surface area contributed by atoms with Crippen molar-refractivity contribution in [1.82, 2.24) is 14.7 Å². The highest BCUT2D eigenvalue weighted by Crippen LogP contribution is 2.34. The van der Waals surface area contributed by atoms with Crippen molar-refractivity contribution in [3.8, 4) is 0 Å². The monoisotopic (exact) mass is 514 g/mol. The van der Waals surface area contributed by atoms with Gasteiger partial charge < -0.3 is 16.8 Å². The number of rotatable bonds is 7. The third-order valence-corrected chi connectivity index (χ3v) is 7.41. The molecule has 2 heterocycles. The van der Waals surface area contributed by atoms with Crippen LogP contribution in [0, 0.1) is 0 Å². The Bertz CT molecular complexity index is 1470. The van der Waals surface area contributed by atoms with Crippen molar-refractivity contribution in [1.29, 1.82) is 0 Å². The maximum Gasteiger partial charge on any atom is 0.273 e. The Morgan fingerprint density at radius 1 is 1.03 bits per heavy atom. The zero-order valence-corrected chi connectivity index (χ0v) is 20.8. The molecule has 3 amide bonds. The van der Waals surface area contributed by atoms with Crippen LogP contribution in [-0.4, -0.2) is 33.1 Å². The number of pyridine rings is 1. The van der Waals surface area contributed by atoms with E-state index in [0.717, 1.165) is 48.1 Å². The van der Waals surface area contributed by atoms with E-state index in [1.807, 2.05) is 36.4 Å². The molecule has 5 rings (SSSR count). The predicted octanol–water partition coefficient (Wildman–Crippen LogP) is 3.82. The van der Waals surface area contributed by atoms with Crippen molar-refractivity contribution >= 4 is 51.5 Å². The molecule has 0 saturated heterocycles. The van der Waals surface area contributed by atoms with Crippen molar-refractivity contribution in [3.05, 3.63) is 83.0 Å². The third-order valence-electron chi connectivity index (χ3n) is 6.56. The number of carbonyl (C=O) groups excluding carboxylic acids is 3. The number of carbonyl (C=O) groups is 3. The summed E-state index contributed by atoms with van der Waals surface area (Å²) in [5, 5.41) is 3.99. The summed E-state index contributed by atoms with van der Waals surface area (Å²) in [7, 11) is 0. The Hall–Kier alpha value is -4.31. The highest BCUT2D eigenvalue weighted by atomic mass is 32.1. The molecule has 188 valence electrons. The van der Waals surface area contributed by atoms with E-state index in [4.69, 9.17) is 11.5 Å². The van der Waals surface area contributed by atoms with Crippen LogP contribution in [-0.2, 0) is 4.79 Å². The van der Waals surface area contributed by atoms with E-state index in [1.165, 1.54) is 4.90 Å². The van der Waals surface area contributed by atoms with Crippen LogP contribution in [0.2, 0.25) is 0 Å². The lowest BCUT2D eigenvalue weighted by Gasteiger charge is -2.32. The first kappa shape index (κ1) is 24.4. The summed E-state index contributed by atoms with van der Waals surface area (Å²) in [6.45, 7) is 0. The van der Waals surface area contributed by atoms with Gasteiger partial charge in [0, 0.05) is 23.3 Å². The van der Waals surface area contributed by atoms with Gasteiger partial charge in [0.05, 0.1) is 11.2 Å². The van der Waals surface area contributed by atoms with Gasteiger partial charge in [-0.05, 0) is 60.3 Å². The van der Waals surface area contributed by atoms with Crippen LogP contribution in [0.25, 0.3) is 10.9 Å². The quantitative estimate of drug-likeness (QED) is 0.342. The van der Waals surface area contributed by atoms with Gasteiger partial charge in [-0.1, -0.05) is 43.2 Å². The number of aromatic nitrogens is 2. The fourth-order valence-corrected chi connectivity index (χ4v) is 5.49. The van der Waals surface area contributed by atoms with Gasteiger partial charge in [-0.25, -0.2) is 0 Å². The second-order valence-corrected chi connectivity index (χ2v) is 9.77. The minimum absolute atomic E-state index is 0.0405. The lowest BCUT2D eigenvalue weighted by molar-refractivity contribution is -0.123. The maximum atomic E-state index is 14.1. The highest BCUT2D eigenvalue weighted by molar-refractivity contribution is 7.09. The van der Waals surface area contributed by atoms with Gasteiger partial charge in [0.2, 0.25) is 5.91 Å². The molecule has 1 aliphatic rings. The Labute approximate surface area is 217 Å². The predicted molar refractivity (Wildman–Crippen MR) is 143 cm³/mol. The molecule has 1 atom stereocenters. The molecule has 0 aliphatic heterocycles. The molecule has 2 aromatic carbocycles. The number of primary amides is 1. The SMILES string of the molecule is NC(=O)c1nsc(C(=O)N(c2ccccc2)[C@H](C(=O)NC2CCCC2)c2ccc3ncccc3c2)c1N. The molecule has 0 bridgehead atoms. The number of nitrogens with zero attached hydrogens (tertiary/aromatic N) is 3. The molecular formula is C27H26N6O3S. The summed E-state index contributed by atoms with van der Waals surface area (Å²) in [5.41, 5.74) is 13.2. The Morgan fingerprint density at radius 2 is 1.78 bits per heavy atom. The molecule has 5 N–H and O–H groups in total. The summed E-state index contributed by atoms with van der Waals surface area (Å²) < 4.78 is 4.00. The fourth-order valence-electron chi connectivity index (χ4n) is 4.74. The molecule has 4 aromatic rings. The van der Waals surface area contributed by atoms with E-state index < -0.39 is 17.9 Å². The van der Waals surface area contributed by atoms with Crippen LogP contribution in [0.15, 0.2) is 66.9 Å². The molecule has 10 heteroatoms. The molecule has 37 heavy (non-hydrogen) atoms. The zero-order valence-electron chi connectivity index (χ0n) is 20.0. The molecular weight excluding hydrogens is 488 g/mol. The summed E-state index contributed by atoms with van der Waals surface area (Å²) in [4.78, 5) is 45.6. The van der Waals surface area contributed by atoms with Crippen molar-refractivity contribution in [3.63, 3.8) is 0 Å². The van der Waals surface area contributed by atoms with Gasteiger partial charge in [0.25, 0.3) is 11.8 Å². The Balaban J connectivity index is 1.66. The standard InChI is InChI=1S/C27H26N6O3S/c28-21-22(25(29)34)32-37-24(21)27(36)33(19-10-2-1-3-11-19)23(26(35)31-18-8-4-5-9-18)17-12-13-20-16(15-17)7-6-14-30-20/h1-3,6-7,10-15,18,23H,4-5,8-9,28H2,(H2,29,34)(H,31,35)/t23-/m0/s1. The first-order chi connectivity index (χ1) is 17.9. The third kappa shape index (κ3) is 4.88. The normalized spacial score (nSPS) is 14.4. The first-order valence-electron chi connectivity index (χ1n) is 12.0. The minimum Gasteiger partial charge on any atom is -0.395 e. The number of anilines is 2. The number of fused-ring (bicyclic) bond motifs is 1. The van der Waals surface area contributed by atoms with Crippen LogP contribution in [0.4, 0.5) is 11.4 Å². The second-order valence-electron chi connectivity index (χ2n) is 9.00. The lowest BCUT2D eigenvalue weighted by atomic mass is 10.00. The van der Waals surface area contributed by atoms with Crippen molar-refractivity contribution in [2.45, 2.75) is 37.8 Å². The summed E-state index contributed by atoms with van der Waals surface area (Å²) >= 11 is 0.787. The van der Waals surface area contributed by atoms with Gasteiger partial charge in [0.15, 0.2) is 5.69 Å². The molecule has 1 saturated carbocycles. The summed E-state index contributed by atoms with van der Waals surface area (Å²) in [6.07, 6.45) is 5.58. The molecule has 0 spiro atoms. The number of amides is 3. The average Bonchev–Trinajstić information content (AvgIpc) is 3.56. The van der Waals surface area contributed by atoms with Crippen LogP contribution in [0.1, 0.15) is 57.4 Å². The number of hydrogen-bond acceptors (Lipinski definition) is 7. The van der Waals surface area contributed by atoms with Crippen LogP contribution in [0.5, 0.6) is 0 Å². The number of nitrogens with two attached hydrogens (primary N) is 2. The molecule has 0 unspecified atom stereocenters. The largest absolute Gasteiger partial charge is 0.395 e. The van der Waals surface area contributed by atoms with Crippen molar-refractivity contribution in [2.24, 2.45) is 5.73 Å². The smallest absolute Gasteiger partial charge is 0.273 e. The average molecular weight is 515 g/mol. The van der Waals surface area contributed by atoms with Crippen LogP contribution < -0.4 is 21.7 Å². The number of benzene rings is 2. The fraction of sp³-hybridized carbons (Fsp3) is 0.222. The summed E-state index contributed by atoms with van der Waals surface area (Å²) in [6, 6.07) is 17.2. The zero-order chi connectivity index (χ0) is 25.9.